The fourth-order valence-electron chi connectivity index (χ4n) is 1.03. The number of rotatable bonds is 4. The first-order chi connectivity index (χ1) is 6.56. The second-order valence-corrected chi connectivity index (χ2v) is 3.92. The average Bonchev–Trinajstić information content (AvgIpc) is 2.23. The average molecular weight is 233 g/mol. The molecule has 14 heavy (non-hydrogen) atoms. The monoisotopic (exact) mass is 232 g/mol. The van der Waals surface area contributed by atoms with Crippen molar-refractivity contribution in [3.8, 4) is 0 Å². The van der Waals surface area contributed by atoms with Gasteiger partial charge in [-0.25, -0.2) is 0 Å². The van der Waals surface area contributed by atoms with Crippen LogP contribution in [0.2, 0.25) is 0 Å². The van der Waals surface area contributed by atoms with E-state index in [0.29, 0.717) is 5.88 Å². The zero-order valence-corrected chi connectivity index (χ0v) is 10.8. The molecule has 0 amide bonds. The van der Waals surface area contributed by atoms with Crippen LogP contribution in [0.3, 0.4) is 0 Å². The van der Waals surface area contributed by atoms with E-state index in [1.807, 2.05) is 26.0 Å². The Bertz CT molecular complexity index is 270. The fourth-order valence-corrected chi connectivity index (χ4v) is 1.45. The Balaban J connectivity index is 4.86. The lowest BCUT2D eigenvalue weighted by Crippen LogP contribution is -1.86. The molecule has 0 bridgehead atoms. The first-order valence-corrected chi connectivity index (χ1v) is 5.73. The third-order valence-corrected chi connectivity index (χ3v) is 3.11. The van der Waals surface area contributed by atoms with Crippen LogP contribution in [0.4, 0.5) is 0 Å². The molecule has 0 rings (SSSR count). The smallest absolute Gasteiger partial charge is 0.0470 e. The SMILES string of the molecule is CC=C(C=C(C)C(Cl)=C(C)CC)CCl. The molecule has 0 aliphatic heterocycles. The Morgan fingerprint density at radius 1 is 1.29 bits per heavy atom. The first kappa shape index (κ1) is 13.8. The molecule has 0 unspecified atom stereocenters. The number of allylic oxidation sites excluding steroid dienone is 6. The third-order valence-electron chi connectivity index (χ3n) is 2.18. The molecule has 0 nitrogen and oxygen atoms in total. The summed E-state index contributed by atoms with van der Waals surface area (Å²) in [5.41, 5.74) is 3.40. The zero-order chi connectivity index (χ0) is 11.1. The predicted octanol–water partition coefficient (Wildman–Crippen LogP) is 5.04. The minimum atomic E-state index is 0.531. The Hall–Kier alpha value is -0.200. The molecule has 0 aromatic carbocycles. The summed E-state index contributed by atoms with van der Waals surface area (Å²) in [4.78, 5) is 0. The van der Waals surface area contributed by atoms with E-state index in [1.54, 1.807) is 0 Å². The van der Waals surface area contributed by atoms with Crippen molar-refractivity contribution in [1.82, 2.24) is 0 Å². The lowest BCUT2D eigenvalue weighted by molar-refractivity contribution is 1.08. The lowest BCUT2D eigenvalue weighted by Gasteiger charge is -2.04. The number of hydrogen-bond donors (Lipinski definition) is 0. The van der Waals surface area contributed by atoms with Gasteiger partial charge >= 0.3 is 0 Å². The maximum atomic E-state index is 6.18. The maximum absolute atomic E-state index is 6.18. The molecule has 0 aromatic rings. The molecule has 0 spiro atoms. The van der Waals surface area contributed by atoms with Gasteiger partial charge in [0.1, 0.15) is 0 Å². The molecule has 0 heterocycles. The van der Waals surface area contributed by atoms with Gasteiger partial charge in [-0.05, 0) is 38.3 Å². The lowest BCUT2D eigenvalue weighted by atomic mass is 10.1. The van der Waals surface area contributed by atoms with Crippen LogP contribution in [0.1, 0.15) is 34.1 Å². The molecule has 0 N–H and O–H groups in total. The van der Waals surface area contributed by atoms with Crippen LogP contribution in [-0.4, -0.2) is 5.88 Å². The first-order valence-electron chi connectivity index (χ1n) is 4.81. The van der Waals surface area contributed by atoms with Crippen LogP contribution in [0.5, 0.6) is 0 Å². The van der Waals surface area contributed by atoms with E-state index in [1.165, 1.54) is 5.57 Å². The maximum Gasteiger partial charge on any atom is 0.0470 e. The molecule has 0 aromatic heterocycles. The summed E-state index contributed by atoms with van der Waals surface area (Å²) >= 11 is 11.9. The van der Waals surface area contributed by atoms with Crippen LogP contribution in [0.15, 0.2) is 33.9 Å². The number of halogens is 2. The van der Waals surface area contributed by atoms with E-state index in [2.05, 4.69) is 13.8 Å². The van der Waals surface area contributed by atoms with Crippen molar-refractivity contribution in [2.75, 3.05) is 5.88 Å². The molecule has 0 radical (unpaired) electrons. The Kier molecular flexibility index (Phi) is 7.04. The molecule has 2 heteroatoms. The van der Waals surface area contributed by atoms with Crippen molar-refractivity contribution in [2.24, 2.45) is 0 Å². The quantitative estimate of drug-likeness (QED) is 0.471. The standard InChI is InChI=1S/C12H18Cl2/c1-5-9(3)12(14)10(4)7-11(6-2)8-13/h6-7H,5,8H2,1-4H3. The normalized spacial score (nSPS) is 15.6. The van der Waals surface area contributed by atoms with Crippen molar-refractivity contribution in [2.45, 2.75) is 34.1 Å². The molecule has 0 saturated carbocycles. The minimum absolute atomic E-state index is 0.531. The highest BCUT2D eigenvalue weighted by atomic mass is 35.5. The van der Waals surface area contributed by atoms with Gasteiger partial charge in [-0.15, -0.1) is 11.6 Å². The van der Waals surface area contributed by atoms with Gasteiger partial charge in [-0.2, -0.15) is 0 Å². The van der Waals surface area contributed by atoms with E-state index >= 15 is 0 Å². The molecular weight excluding hydrogens is 215 g/mol. The zero-order valence-electron chi connectivity index (χ0n) is 9.32. The van der Waals surface area contributed by atoms with Gasteiger partial charge in [0.15, 0.2) is 0 Å². The van der Waals surface area contributed by atoms with E-state index in [9.17, 15) is 0 Å². The van der Waals surface area contributed by atoms with Gasteiger partial charge in [0.05, 0.1) is 0 Å². The molecule has 0 atom stereocenters. The Morgan fingerprint density at radius 2 is 1.86 bits per heavy atom. The van der Waals surface area contributed by atoms with Gasteiger partial charge in [0, 0.05) is 10.9 Å². The van der Waals surface area contributed by atoms with Crippen molar-refractivity contribution < 1.29 is 0 Å². The Labute approximate surface area is 97.3 Å². The summed E-state index contributed by atoms with van der Waals surface area (Å²) in [5.74, 6) is 0.531. The van der Waals surface area contributed by atoms with Crippen molar-refractivity contribution in [3.05, 3.63) is 33.9 Å². The highest BCUT2D eigenvalue weighted by Gasteiger charge is 2.00. The van der Waals surface area contributed by atoms with Crippen LogP contribution in [-0.2, 0) is 0 Å². The van der Waals surface area contributed by atoms with Crippen molar-refractivity contribution in [1.29, 1.82) is 0 Å². The second-order valence-electron chi connectivity index (χ2n) is 3.27. The van der Waals surface area contributed by atoms with Crippen molar-refractivity contribution >= 4 is 23.2 Å². The number of hydrogen-bond acceptors (Lipinski definition) is 0. The largest absolute Gasteiger partial charge is 0.122 e. The fraction of sp³-hybridized carbons (Fsp3) is 0.500. The van der Waals surface area contributed by atoms with Gasteiger partial charge < -0.3 is 0 Å². The molecule has 0 aliphatic carbocycles. The van der Waals surface area contributed by atoms with Crippen LogP contribution < -0.4 is 0 Å². The summed E-state index contributed by atoms with van der Waals surface area (Å²) in [7, 11) is 0. The molecule has 80 valence electrons. The van der Waals surface area contributed by atoms with Crippen LogP contribution >= 0.6 is 23.2 Å². The summed E-state index contributed by atoms with van der Waals surface area (Å²) in [6.07, 6.45) is 5.02. The van der Waals surface area contributed by atoms with E-state index in [0.717, 1.165) is 22.6 Å². The van der Waals surface area contributed by atoms with Gasteiger partial charge in [0.2, 0.25) is 0 Å². The Morgan fingerprint density at radius 3 is 2.21 bits per heavy atom. The topological polar surface area (TPSA) is 0 Å². The van der Waals surface area contributed by atoms with Gasteiger partial charge in [-0.1, -0.05) is 36.2 Å². The predicted molar refractivity (Wildman–Crippen MR) is 67.1 cm³/mol. The molecule has 0 fully saturated rings. The van der Waals surface area contributed by atoms with E-state index < -0.39 is 0 Å². The third kappa shape index (κ3) is 4.34. The number of alkyl halides is 1. The minimum Gasteiger partial charge on any atom is -0.122 e. The molecule has 0 saturated heterocycles. The van der Waals surface area contributed by atoms with Gasteiger partial charge in [0.25, 0.3) is 0 Å². The summed E-state index contributed by atoms with van der Waals surface area (Å²) in [6, 6.07) is 0. The molecule has 0 aliphatic rings. The second kappa shape index (κ2) is 7.14. The van der Waals surface area contributed by atoms with Gasteiger partial charge in [-0.3, -0.25) is 0 Å². The van der Waals surface area contributed by atoms with Crippen molar-refractivity contribution in [3.63, 3.8) is 0 Å². The highest BCUT2D eigenvalue weighted by molar-refractivity contribution is 6.32. The van der Waals surface area contributed by atoms with Crippen LogP contribution in [0, 0.1) is 0 Å². The summed E-state index contributed by atoms with van der Waals surface area (Å²) in [5, 5.41) is 0.858. The summed E-state index contributed by atoms with van der Waals surface area (Å²) < 4.78 is 0. The van der Waals surface area contributed by atoms with Crippen LogP contribution in [0.25, 0.3) is 0 Å². The molecular formula is C12H18Cl2. The highest BCUT2D eigenvalue weighted by Crippen LogP contribution is 2.22. The van der Waals surface area contributed by atoms with E-state index in [4.69, 9.17) is 23.2 Å². The van der Waals surface area contributed by atoms with E-state index in [-0.39, 0.29) is 0 Å². The summed E-state index contributed by atoms with van der Waals surface area (Å²) in [6.45, 7) is 8.14.